The number of aromatic carboxylic acids is 1. The van der Waals surface area contributed by atoms with Crippen LogP contribution in [0.1, 0.15) is 66.4 Å². The van der Waals surface area contributed by atoms with Gasteiger partial charge in [0.25, 0.3) is 5.91 Å². The summed E-state index contributed by atoms with van der Waals surface area (Å²) in [5.41, 5.74) is 4.33. The Morgan fingerprint density at radius 3 is 2.46 bits per heavy atom. The van der Waals surface area contributed by atoms with Gasteiger partial charge in [-0.1, -0.05) is 23.5 Å². The number of amides is 1. The van der Waals surface area contributed by atoms with E-state index in [2.05, 4.69) is 44.4 Å². The van der Waals surface area contributed by atoms with Gasteiger partial charge in [0.15, 0.2) is 5.13 Å². The molecule has 3 aliphatic heterocycles. The van der Waals surface area contributed by atoms with E-state index >= 15 is 0 Å². The molecule has 2 atom stereocenters. The van der Waals surface area contributed by atoms with Crippen LogP contribution in [-0.2, 0) is 0 Å². The van der Waals surface area contributed by atoms with E-state index in [1.165, 1.54) is 17.6 Å². The van der Waals surface area contributed by atoms with Crippen LogP contribution < -0.4 is 10.6 Å². The van der Waals surface area contributed by atoms with E-state index in [1.54, 1.807) is 42.6 Å². The summed E-state index contributed by atoms with van der Waals surface area (Å²) in [6, 6.07) is 18.1. The summed E-state index contributed by atoms with van der Waals surface area (Å²) in [6.07, 6.45) is 8.83. The van der Waals surface area contributed by atoms with Gasteiger partial charge in [-0.2, -0.15) is 0 Å². The number of hydrogen-bond donors (Lipinski definition) is 4. The summed E-state index contributed by atoms with van der Waals surface area (Å²) in [7, 11) is -2.27. The monoisotopic (exact) mass is 733 g/mol. The van der Waals surface area contributed by atoms with Gasteiger partial charge in [0.2, 0.25) is 0 Å². The molecule has 13 heteroatoms. The van der Waals surface area contributed by atoms with Crippen LogP contribution in [0.2, 0.25) is 0 Å². The molecule has 4 bridgehead atoms. The number of nitrogens with one attached hydrogen (secondary N) is 3. The van der Waals surface area contributed by atoms with Gasteiger partial charge >= 0.3 is 194 Å². The third kappa shape index (κ3) is 5.97. The van der Waals surface area contributed by atoms with Gasteiger partial charge in [0.1, 0.15) is 0 Å². The summed E-state index contributed by atoms with van der Waals surface area (Å²) in [5, 5.41) is 26.2. The number of thiazole rings is 1. The number of carbonyl (C=O) groups is 2. The minimum atomic E-state index is -2.27. The van der Waals surface area contributed by atoms with Crippen LogP contribution in [0, 0.1) is 26.6 Å². The second-order valence-corrected chi connectivity index (χ2v) is 20.7. The molecule has 5 aromatic rings. The Morgan fingerprint density at radius 2 is 1.75 bits per heavy atom. The SMILES string of the molecule is C/C(NCC12CC3(C)CC(C)(C1)C[PH](N=O)(C3)C2)=C(/C=N)c1ccc(-c2ccc3nccc(C(=O)Nc4nc5ccccc5s4)c3c2)nc1C(=O)O. The predicted molar refractivity (Wildman–Crippen MR) is 210 cm³/mol. The Morgan fingerprint density at radius 1 is 0.981 bits per heavy atom. The van der Waals surface area contributed by atoms with Crippen LogP contribution in [-0.4, -0.2) is 63.2 Å². The Labute approximate surface area is 305 Å². The fraction of sp³-hybridized carbons (Fsp3) is 0.333. The molecular formula is C39H40N7O4PS. The van der Waals surface area contributed by atoms with Crippen molar-refractivity contribution in [3.05, 3.63) is 94.3 Å². The molecule has 3 saturated heterocycles. The second-order valence-electron chi connectivity index (χ2n) is 16.0. The van der Waals surface area contributed by atoms with E-state index in [0.29, 0.717) is 56.2 Å². The molecule has 266 valence electrons. The molecule has 2 unspecified atom stereocenters. The van der Waals surface area contributed by atoms with Gasteiger partial charge < -0.3 is 0 Å². The quantitative estimate of drug-likeness (QED) is 0.0629. The molecule has 1 aliphatic carbocycles. The van der Waals surface area contributed by atoms with Gasteiger partial charge in [0, 0.05) is 11.6 Å². The molecule has 2 aromatic carbocycles. The standard InChI is InChI=1S/C39H40N7O4PS/c1-23(42-19-39-17-37(2)16-38(3,18-39)21-51(20-37,22-39)46-50)28(15-40)25-9-11-29(43-33(25)35(48)49)24-8-10-30-27(14-24)26(12-13-41-30)34(47)45-36-44-31-6-4-5-7-32(31)52-36/h4-15,40,42,51H,16-22H2,1-3H3,(H,48,49)(H,44,45,47)/b28-23+,40-15?. The summed E-state index contributed by atoms with van der Waals surface area (Å²) in [6.45, 7) is 7.17. The Hall–Kier alpha value is -4.93. The molecule has 4 fully saturated rings. The molecule has 52 heavy (non-hydrogen) atoms. The van der Waals surface area contributed by atoms with Crippen LogP contribution in [0.25, 0.3) is 38.0 Å². The first-order valence-corrected chi connectivity index (χ1v) is 20.8. The maximum absolute atomic E-state index is 13.5. The number of nitrogens with zero attached hydrogens (tertiary/aromatic N) is 4. The average Bonchev–Trinajstić information content (AvgIpc) is 3.51. The van der Waals surface area contributed by atoms with E-state index in [9.17, 15) is 19.6 Å². The maximum atomic E-state index is 13.5. The van der Waals surface area contributed by atoms with Crippen LogP contribution in [0.5, 0.6) is 0 Å². The second kappa shape index (κ2) is 12.3. The molecule has 0 radical (unpaired) electrons. The fourth-order valence-electron chi connectivity index (χ4n) is 10.6. The molecule has 1 saturated carbocycles. The van der Waals surface area contributed by atoms with E-state index in [-0.39, 0.29) is 27.8 Å². The predicted octanol–water partition coefficient (Wildman–Crippen LogP) is 8.47. The number of hydrogen-bond acceptors (Lipinski definition) is 10. The topological polar surface area (TPSA) is 170 Å². The number of aromatic nitrogens is 3. The number of pyridine rings is 2. The number of allylic oxidation sites excluding steroid dienone is 2. The Balaban J connectivity index is 1.08. The number of carboxylic acid groups (broad SMARTS) is 1. The Kier molecular flexibility index (Phi) is 8.11. The van der Waals surface area contributed by atoms with E-state index in [0.717, 1.165) is 48.0 Å². The van der Waals surface area contributed by atoms with Crippen molar-refractivity contribution < 1.29 is 14.7 Å². The van der Waals surface area contributed by atoms with Crippen molar-refractivity contribution in [3.63, 3.8) is 0 Å². The molecule has 6 heterocycles. The van der Waals surface area contributed by atoms with Crippen molar-refractivity contribution in [3.8, 4) is 11.3 Å². The van der Waals surface area contributed by atoms with Gasteiger partial charge in [-0.05, 0) is 24.3 Å². The first-order valence-electron chi connectivity index (χ1n) is 17.4. The van der Waals surface area contributed by atoms with Gasteiger partial charge in [0.05, 0.1) is 21.3 Å². The van der Waals surface area contributed by atoms with Gasteiger partial charge in [-0.25, -0.2) is 4.98 Å². The van der Waals surface area contributed by atoms with Gasteiger partial charge in [-0.3, -0.25) is 15.1 Å². The molecule has 0 spiro atoms. The average molecular weight is 734 g/mol. The van der Waals surface area contributed by atoms with Crippen molar-refractivity contribution in [1.82, 2.24) is 20.3 Å². The van der Waals surface area contributed by atoms with Crippen molar-refractivity contribution in [2.75, 3.05) is 30.3 Å². The number of fused-ring (bicyclic) bond motifs is 2. The minimum absolute atomic E-state index is 0.0421. The number of rotatable bonds is 10. The summed E-state index contributed by atoms with van der Waals surface area (Å²) in [4.78, 5) is 55.9. The number of nitroso groups, excluding NO2 is 1. The zero-order valence-electron chi connectivity index (χ0n) is 29.2. The zero-order chi connectivity index (χ0) is 36.5. The molecule has 9 rings (SSSR count). The third-order valence-corrected chi connectivity index (χ3v) is 17.1. The van der Waals surface area contributed by atoms with E-state index in [1.807, 2.05) is 31.2 Å². The molecule has 1 amide bonds. The van der Waals surface area contributed by atoms with Crippen molar-refractivity contribution in [1.29, 1.82) is 5.41 Å². The summed E-state index contributed by atoms with van der Waals surface area (Å²) in [5.74, 6) is -1.55. The third-order valence-electron chi connectivity index (χ3n) is 11.3. The van der Waals surface area contributed by atoms with Crippen molar-refractivity contribution >= 4 is 68.7 Å². The number of anilines is 1. The summed E-state index contributed by atoms with van der Waals surface area (Å²) < 4.78 is 0.966. The normalized spacial score (nSPS) is 25.4. The van der Waals surface area contributed by atoms with Crippen LogP contribution >= 0.6 is 18.7 Å². The number of carboxylic acids is 1. The molecule has 4 N–H and O–H groups in total. The van der Waals surface area contributed by atoms with Crippen LogP contribution in [0.3, 0.4) is 0 Å². The van der Waals surface area contributed by atoms with Gasteiger partial charge in [-0.15, -0.1) is 0 Å². The van der Waals surface area contributed by atoms with Crippen LogP contribution in [0.4, 0.5) is 5.13 Å². The van der Waals surface area contributed by atoms with E-state index < -0.39 is 13.4 Å². The van der Waals surface area contributed by atoms with Crippen molar-refractivity contribution in [2.24, 2.45) is 21.2 Å². The first-order chi connectivity index (χ1) is 24.8. The molecular weight excluding hydrogens is 694 g/mol. The van der Waals surface area contributed by atoms with Crippen LogP contribution in [0.15, 0.2) is 77.5 Å². The molecule has 4 aliphatic rings. The fourth-order valence-corrected chi connectivity index (χ4v) is 17.4. The van der Waals surface area contributed by atoms with E-state index in [4.69, 9.17) is 5.41 Å². The molecule has 3 aromatic heterocycles. The number of benzene rings is 2. The number of carbonyl (C=O) groups excluding carboxylic acids is 1. The van der Waals surface area contributed by atoms with Crippen molar-refractivity contribution in [2.45, 2.75) is 40.0 Å². The first kappa shape index (κ1) is 34.2. The number of para-hydroxylation sites is 1. The molecule has 11 nitrogen and oxygen atoms in total. The Bertz CT molecular complexity index is 2320. The zero-order valence-corrected chi connectivity index (χ0v) is 31.1. The summed E-state index contributed by atoms with van der Waals surface area (Å²) >= 11 is 1.39.